The summed E-state index contributed by atoms with van der Waals surface area (Å²) in [5.74, 6) is 0. The molecule has 13 heavy (non-hydrogen) atoms. The number of fused-ring (bicyclic) bond motifs is 1. The van der Waals surface area contributed by atoms with Crippen molar-refractivity contribution in [2.24, 2.45) is 0 Å². The zero-order valence-electron chi connectivity index (χ0n) is 7.40. The van der Waals surface area contributed by atoms with Crippen LogP contribution in [0.1, 0.15) is 0 Å². The molecule has 0 atom stereocenters. The first kappa shape index (κ1) is 6.96. The van der Waals surface area contributed by atoms with Crippen molar-refractivity contribution in [2.75, 3.05) is 18.0 Å². The first-order valence-electron chi connectivity index (χ1n) is 4.67. The van der Waals surface area contributed by atoms with Gasteiger partial charge in [-0.3, -0.25) is 0 Å². The van der Waals surface area contributed by atoms with Crippen molar-refractivity contribution < 1.29 is 0 Å². The van der Waals surface area contributed by atoms with Crippen LogP contribution in [0.15, 0.2) is 42.5 Å². The predicted octanol–water partition coefficient (Wildman–Crippen LogP) is 2.66. The highest BCUT2D eigenvalue weighted by molar-refractivity contribution is 5.86. The molecule has 0 aliphatic carbocycles. The molecule has 1 aliphatic rings. The average Bonchev–Trinajstić information content (AvgIpc) is 3.00. The molecule has 1 heterocycles. The first-order valence-corrected chi connectivity index (χ1v) is 4.67. The Morgan fingerprint density at radius 1 is 0.846 bits per heavy atom. The second-order valence-electron chi connectivity index (χ2n) is 3.52. The van der Waals surface area contributed by atoms with E-state index < -0.39 is 0 Å². The molecule has 0 N–H and O–H groups in total. The van der Waals surface area contributed by atoms with Gasteiger partial charge < -0.3 is 4.90 Å². The number of hydrogen-bond donors (Lipinski definition) is 0. The summed E-state index contributed by atoms with van der Waals surface area (Å²) in [5, 5.41) is 2.67. The van der Waals surface area contributed by atoms with Gasteiger partial charge >= 0.3 is 0 Å². The number of rotatable bonds is 1. The third-order valence-electron chi connectivity index (χ3n) is 2.55. The minimum Gasteiger partial charge on any atom is -0.368 e. The Balaban J connectivity index is 2.21. The van der Waals surface area contributed by atoms with E-state index >= 15 is 0 Å². The standard InChI is InChI=1S/C12H11N/c1-2-4-11-9-12(13-7-8-13)6-5-10(11)3-1/h1-6,9H,7-8H2. The quantitative estimate of drug-likeness (QED) is 0.593. The van der Waals surface area contributed by atoms with Gasteiger partial charge in [-0.25, -0.2) is 0 Å². The van der Waals surface area contributed by atoms with Crippen LogP contribution >= 0.6 is 0 Å². The molecule has 0 bridgehead atoms. The molecule has 3 rings (SSSR count). The van der Waals surface area contributed by atoms with Crippen molar-refractivity contribution in [1.82, 2.24) is 0 Å². The van der Waals surface area contributed by atoms with Gasteiger partial charge in [0.25, 0.3) is 0 Å². The molecule has 0 unspecified atom stereocenters. The van der Waals surface area contributed by atoms with Gasteiger partial charge in [-0.2, -0.15) is 0 Å². The van der Waals surface area contributed by atoms with Crippen LogP contribution in [0.3, 0.4) is 0 Å². The maximum atomic E-state index is 2.37. The van der Waals surface area contributed by atoms with Gasteiger partial charge in [0.1, 0.15) is 0 Å². The summed E-state index contributed by atoms with van der Waals surface area (Å²) in [5.41, 5.74) is 1.36. The third kappa shape index (κ3) is 1.17. The summed E-state index contributed by atoms with van der Waals surface area (Å²) < 4.78 is 0. The van der Waals surface area contributed by atoms with Crippen LogP contribution in [0.2, 0.25) is 0 Å². The van der Waals surface area contributed by atoms with E-state index in [1.807, 2.05) is 0 Å². The van der Waals surface area contributed by atoms with E-state index in [9.17, 15) is 0 Å². The summed E-state index contributed by atoms with van der Waals surface area (Å²) in [6.07, 6.45) is 0. The fourth-order valence-electron chi connectivity index (χ4n) is 1.68. The Kier molecular flexibility index (Phi) is 1.33. The van der Waals surface area contributed by atoms with Crippen LogP contribution in [0.5, 0.6) is 0 Å². The Morgan fingerprint density at radius 2 is 1.62 bits per heavy atom. The monoisotopic (exact) mass is 169 g/mol. The molecule has 0 spiro atoms. The van der Waals surface area contributed by atoms with Crippen molar-refractivity contribution in [1.29, 1.82) is 0 Å². The summed E-state index contributed by atoms with van der Waals surface area (Å²) in [4.78, 5) is 2.37. The zero-order chi connectivity index (χ0) is 8.67. The molecule has 1 aliphatic heterocycles. The summed E-state index contributed by atoms with van der Waals surface area (Å²) in [6.45, 7) is 2.44. The van der Waals surface area contributed by atoms with Gasteiger partial charge in [0.15, 0.2) is 0 Å². The highest BCUT2D eigenvalue weighted by atomic mass is 15.3. The van der Waals surface area contributed by atoms with Crippen molar-refractivity contribution in [3.05, 3.63) is 42.5 Å². The van der Waals surface area contributed by atoms with E-state index in [4.69, 9.17) is 0 Å². The van der Waals surface area contributed by atoms with E-state index in [2.05, 4.69) is 47.4 Å². The lowest BCUT2D eigenvalue weighted by Crippen LogP contribution is -1.89. The second-order valence-corrected chi connectivity index (χ2v) is 3.52. The zero-order valence-corrected chi connectivity index (χ0v) is 7.40. The van der Waals surface area contributed by atoms with E-state index in [1.54, 1.807) is 0 Å². The molecule has 1 saturated heterocycles. The smallest absolute Gasteiger partial charge is 0.0373 e. The molecule has 2 aromatic carbocycles. The van der Waals surface area contributed by atoms with Gasteiger partial charge in [-0.15, -0.1) is 0 Å². The molecule has 0 saturated carbocycles. The number of anilines is 1. The Hall–Kier alpha value is -1.50. The lowest BCUT2D eigenvalue weighted by atomic mass is 10.1. The van der Waals surface area contributed by atoms with E-state index in [0.29, 0.717) is 0 Å². The molecular weight excluding hydrogens is 158 g/mol. The number of benzene rings is 2. The summed E-state index contributed by atoms with van der Waals surface area (Å²) >= 11 is 0. The lowest BCUT2D eigenvalue weighted by Gasteiger charge is -2.03. The highest BCUT2D eigenvalue weighted by Crippen LogP contribution is 2.25. The van der Waals surface area contributed by atoms with Crippen LogP contribution in [0.4, 0.5) is 5.69 Å². The molecule has 1 heteroatoms. The summed E-state index contributed by atoms with van der Waals surface area (Å²) in [6, 6.07) is 15.2. The number of hydrogen-bond acceptors (Lipinski definition) is 1. The van der Waals surface area contributed by atoms with Crippen LogP contribution in [-0.4, -0.2) is 13.1 Å². The maximum absolute atomic E-state index is 2.37. The van der Waals surface area contributed by atoms with Crippen LogP contribution in [-0.2, 0) is 0 Å². The molecule has 1 nitrogen and oxygen atoms in total. The van der Waals surface area contributed by atoms with Crippen molar-refractivity contribution >= 4 is 16.5 Å². The van der Waals surface area contributed by atoms with Gasteiger partial charge in [0.05, 0.1) is 0 Å². The largest absolute Gasteiger partial charge is 0.368 e. The summed E-state index contributed by atoms with van der Waals surface area (Å²) in [7, 11) is 0. The van der Waals surface area contributed by atoms with Crippen molar-refractivity contribution in [3.8, 4) is 0 Å². The Labute approximate surface area is 77.6 Å². The molecule has 2 aromatic rings. The fraction of sp³-hybridized carbons (Fsp3) is 0.167. The van der Waals surface area contributed by atoms with E-state index in [-0.39, 0.29) is 0 Å². The molecule has 64 valence electrons. The van der Waals surface area contributed by atoms with E-state index in [1.165, 1.54) is 29.5 Å². The minimum absolute atomic E-state index is 1.22. The molecule has 1 fully saturated rings. The third-order valence-corrected chi connectivity index (χ3v) is 2.55. The minimum atomic E-state index is 1.22. The lowest BCUT2D eigenvalue weighted by molar-refractivity contribution is 1.41. The maximum Gasteiger partial charge on any atom is 0.0373 e. The SMILES string of the molecule is c1ccc2cc(N3CC3)ccc2c1. The van der Waals surface area contributed by atoms with Gasteiger partial charge in [0.2, 0.25) is 0 Å². The predicted molar refractivity (Wildman–Crippen MR) is 56.2 cm³/mol. The highest BCUT2D eigenvalue weighted by Gasteiger charge is 2.17. The van der Waals surface area contributed by atoms with Crippen LogP contribution in [0, 0.1) is 0 Å². The van der Waals surface area contributed by atoms with Crippen LogP contribution in [0.25, 0.3) is 10.8 Å². The first-order chi connectivity index (χ1) is 6.43. The fourth-order valence-corrected chi connectivity index (χ4v) is 1.68. The normalized spacial score (nSPS) is 14.9. The molecule has 0 aromatic heterocycles. The number of nitrogens with zero attached hydrogens (tertiary/aromatic N) is 1. The average molecular weight is 169 g/mol. The van der Waals surface area contributed by atoms with Crippen LogP contribution < -0.4 is 4.90 Å². The Morgan fingerprint density at radius 3 is 2.38 bits per heavy atom. The van der Waals surface area contributed by atoms with Gasteiger partial charge in [0, 0.05) is 18.8 Å². The van der Waals surface area contributed by atoms with Crippen molar-refractivity contribution in [2.45, 2.75) is 0 Å². The molecule has 0 amide bonds. The van der Waals surface area contributed by atoms with E-state index in [0.717, 1.165) is 0 Å². The molecule has 0 radical (unpaired) electrons. The topological polar surface area (TPSA) is 3.01 Å². The van der Waals surface area contributed by atoms with Gasteiger partial charge in [-0.1, -0.05) is 30.3 Å². The Bertz CT molecular complexity index is 444. The second kappa shape index (κ2) is 2.49. The van der Waals surface area contributed by atoms with Gasteiger partial charge in [-0.05, 0) is 22.9 Å². The van der Waals surface area contributed by atoms with Crippen molar-refractivity contribution in [3.63, 3.8) is 0 Å². The molecular formula is C12H11N.